The van der Waals surface area contributed by atoms with Gasteiger partial charge in [-0.1, -0.05) is 0 Å². The molecule has 1 unspecified atom stereocenters. The molecule has 0 saturated heterocycles. The minimum atomic E-state index is -4.03. The SMILES string of the molecule is NOP(=O)(O)CC(=O)[C@H]1C[C@@H](C(=O)O)C1. The van der Waals surface area contributed by atoms with Crippen molar-refractivity contribution in [2.75, 3.05) is 6.16 Å². The van der Waals surface area contributed by atoms with E-state index in [2.05, 4.69) is 10.5 Å². The fourth-order valence-electron chi connectivity index (χ4n) is 1.45. The lowest BCUT2D eigenvalue weighted by molar-refractivity contribution is -0.147. The van der Waals surface area contributed by atoms with E-state index in [-0.39, 0.29) is 12.8 Å². The first-order valence-electron chi connectivity index (χ1n) is 4.31. The zero-order chi connectivity index (χ0) is 11.6. The van der Waals surface area contributed by atoms with Gasteiger partial charge in [0.05, 0.1) is 5.92 Å². The van der Waals surface area contributed by atoms with Gasteiger partial charge >= 0.3 is 13.6 Å². The standard InChI is InChI=1S/C7H12NO6P/c8-14-15(12,13)3-6(9)4-1-5(2-4)7(10)11/h4-5H,1-3,8H2,(H,10,11)(H,12,13)/t4-,5+. The summed E-state index contributed by atoms with van der Waals surface area (Å²) >= 11 is 0. The van der Waals surface area contributed by atoms with Crippen LogP contribution in [0.4, 0.5) is 0 Å². The highest BCUT2D eigenvalue weighted by atomic mass is 31.2. The summed E-state index contributed by atoms with van der Waals surface area (Å²) in [6, 6.07) is 0. The highest BCUT2D eigenvalue weighted by Crippen LogP contribution is 2.43. The molecule has 0 spiro atoms. The Bertz CT molecular complexity index is 323. The number of carbonyl (C=O) groups is 2. The molecule has 0 radical (unpaired) electrons. The van der Waals surface area contributed by atoms with Crippen LogP contribution < -0.4 is 5.90 Å². The van der Waals surface area contributed by atoms with Crippen molar-refractivity contribution in [2.24, 2.45) is 17.7 Å². The molecule has 0 aliphatic heterocycles. The number of ketones is 1. The van der Waals surface area contributed by atoms with Crippen LogP contribution in [0, 0.1) is 11.8 Å². The number of Topliss-reactive ketones (excluding diaryl/α,β-unsaturated/α-hetero) is 1. The molecule has 0 amide bonds. The molecule has 0 bridgehead atoms. The summed E-state index contributed by atoms with van der Waals surface area (Å²) in [5, 5.41) is 8.55. The van der Waals surface area contributed by atoms with Crippen LogP contribution >= 0.6 is 7.60 Å². The molecule has 7 nitrogen and oxygen atoms in total. The van der Waals surface area contributed by atoms with Gasteiger partial charge in [-0.15, -0.1) is 0 Å². The molecule has 1 atom stereocenters. The topological polar surface area (TPSA) is 127 Å². The summed E-state index contributed by atoms with van der Waals surface area (Å²) in [5.41, 5.74) is 0. The largest absolute Gasteiger partial charge is 0.481 e. The zero-order valence-electron chi connectivity index (χ0n) is 7.83. The van der Waals surface area contributed by atoms with E-state index in [1.807, 2.05) is 0 Å². The molecule has 1 aliphatic carbocycles. The van der Waals surface area contributed by atoms with E-state index >= 15 is 0 Å². The number of carboxylic acid groups (broad SMARTS) is 1. The predicted molar refractivity (Wildman–Crippen MR) is 48.8 cm³/mol. The molecular weight excluding hydrogens is 225 g/mol. The zero-order valence-corrected chi connectivity index (χ0v) is 8.72. The maximum Gasteiger partial charge on any atom is 0.351 e. The van der Waals surface area contributed by atoms with Gasteiger partial charge in [-0.05, 0) is 12.8 Å². The van der Waals surface area contributed by atoms with Crippen molar-refractivity contribution in [1.29, 1.82) is 0 Å². The number of nitrogens with two attached hydrogens (primary N) is 1. The van der Waals surface area contributed by atoms with E-state index in [0.29, 0.717) is 0 Å². The van der Waals surface area contributed by atoms with E-state index in [9.17, 15) is 14.2 Å². The van der Waals surface area contributed by atoms with Crippen LogP contribution in [0.2, 0.25) is 0 Å². The third-order valence-corrected chi connectivity index (χ3v) is 3.50. The Labute approximate surface area is 85.7 Å². The van der Waals surface area contributed by atoms with Gasteiger partial charge in [0, 0.05) is 5.92 Å². The number of aliphatic carboxylic acids is 1. The van der Waals surface area contributed by atoms with Crippen LogP contribution in [0.3, 0.4) is 0 Å². The first-order valence-corrected chi connectivity index (χ1v) is 6.08. The van der Waals surface area contributed by atoms with Crippen LogP contribution in [0.15, 0.2) is 0 Å². The Kier molecular flexibility index (Phi) is 3.62. The maximum atomic E-state index is 11.3. The van der Waals surface area contributed by atoms with Gasteiger partial charge in [0.15, 0.2) is 0 Å². The summed E-state index contributed by atoms with van der Waals surface area (Å²) in [4.78, 5) is 30.6. The molecule has 0 heterocycles. The summed E-state index contributed by atoms with van der Waals surface area (Å²) in [7, 11) is -4.03. The summed E-state index contributed by atoms with van der Waals surface area (Å²) in [5.74, 6) is 2.14. The Hall–Kier alpha value is -0.750. The highest BCUT2D eigenvalue weighted by Gasteiger charge is 2.40. The van der Waals surface area contributed by atoms with E-state index in [4.69, 9.17) is 10.00 Å². The molecule has 0 aromatic heterocycles. The fraction of sp³-hybridized carbons (Fsp3) is 0.714. The summed E-state index contributed by atoms with van der Waals surface area (Å²) in [6.07, 6.45) is -0.210. The van der Waals surface area contributed by atoms with Gasteiger partial charge in [-0.3, -0.25) is 14.2 Å². The fourth-order valence-corrected chi connectivity index (χ4v) is 2.17. The Morgan fingerprint density at radius 3 is 2.33 bits per heavy atom. The Morgan fingerprint density at radius 2 is 1.93 bits per heavy atom. The van der Waals surface area contributed by atoms with E-state index < -0.39 is 37.3 Å². The van der Waals surface area contributed by atoms with Crippen molar-refractivity contribution in [3.8, 4) is 0 Å². The average molecular weight is 237 g/mol. The van der Waals surface area contributed by atoms with Gasteiger partial charge in [-0.2, -0.15) is 0 Å². The van der Waals surface area contributed by atoms with Crippen molar-refractivity contribution in [3.63, 3.8) is 0 Å². The second kappa shape index (κ2) is 4.40. The molecule has 4 N–H and O–H groups in total. The molecule has 0 aromatic carbocycles. The van der Waals surface area contributed by atoms with Gasteiger partial charge < -0.3 is 10.00 Å². The van der Waals surface area contributed by atoms with Gasteiger partial charge in [0.2, 0.25) is 0 Å². The van der Waals surface area contributed by atoms with Crippen molar-refractivity contribution >= 4 is 19.3 Å². The van der Waals surface area contributed by atoms with Gasteiger partial charge in [0.1, 0.15) is 11.9 Å². The van der Waals surface area contributed by atoms with Gasteiger partial charge in [0.25, 0.3) is 0 Å². The number of rotatable bonds is 5. The monoisotopic (exact) mass is 237 g/mol. The molecule has 0 aromatic rings. The van der Waals surface area contributed by atoms with Gasteiger partial charge in [-0.25, -0.2) is 10.5 Å². The third-order valence-electron chi connectivity index (χ3n) is 2.46. The quantitative estimate of drug-likeness (QED) is 0.444. The number of hydrogen-bond acceptors (Lipinski definition) is 5. The van der Waals surface area contributed by atoms with Crippen LogP contribution in [0.25, 0.3) is 0 Å². The normalized spacial score (nSPS) is 28.9. The smallest absolute Gasteiger partial charge is 0.351 e. The minimum absolute atomic E-state index is 0.221. The molecule has 86 valence electrons. The lowest BCUT2D eigenvalue weighted by atomic mass is 9.73. The predicted octanol–water partition coefficient (Wildman–Crippen LogP) is -0.258. The summed E-state index contributed by atoms with van der Waals surface area (Å²) < 4.78 is 14.7. The van der Waals surface area contributed by atoms with Crippen LogP contribution in [-0.2, 0) is 18.8 Å². The first-order chi connectivity index (χ1) is 6.85. The molecule has 1 rings (SSSR count). The van der Waals surface area contributed by atoms with Crippen LogP contribution in [0.1, 0.15) is 12.8 Å². The second-order valence-corrected chi connectivity index (χ2v) is 5.37. The maximum absolute atomic E-state index is 11.3. The highest BCUT2D eigenvalue weighted by molar-refractivity contribution is 7.53. The average Bonchev–Trinajstić information content (AvgIpc) is 1.99. The molecular formula is C7H12NO6P. The lowest BCUT2D eigenvalue weighted by Gasteiger charge is -2.31. The van der Waals surface area contributed by atoms with Crippen molar-refractivity contribution < 1.29 is 28.8 Å². The van der Waals surface area contributed by atoms with Crippen molar-refractivity contribution in [1.82, 2.24) is 0 Å². The number of carboxylic acids is 1. The molecule has 15 heavy (non-hydrogen) atoms. The minimum Gasteiger partial charge on any atom is -0.481 e. The number of hydrogen-bond donors (Lipinski definition) is 3. The molecule has 8 heteroatoms. The van der Waals surface area contributed by atoms with E-state index in [0.717, 1.165) is 0 Å². The van der Waals surface area contributed by atoms with Crippen molar-refractivity contribution in [3.05, 3.63) is 0 Å². The summed E-state index contributed by atoms with van der Waals surface area (Å²) in [6.45, 7) is 0. The lowest BCUT2D eigenvalue weighted by Crippen LogP contribution is -2.36. The molecule has 1 fully saturated rings. The molecule has 1 aliphatic rings. The first kappa shape index (κ1) is 12.3. The number of carbonyl (C=O) groups excluding carboxylic acids is 1. The third kappa shape index (κ3) is 3.10. The Balaban J connectivity index is 2.39. The van der Waals surface area contributed by atoms with Crippen LogP contribution in [-0.4, -0.2) is 27.9 Å². The van der Waals surface area contributed by atoms with E-state index in [1.165, 1.54) is 0 Å². The second-order valence-electron chi connectivity index (χ2n) is 3.57. The van der Waals surface area contributed by atoms with Crippen molar-refractivity contribution in [2.45, 2.75) is 12.8 Å². The Morgan fingerprint density at radius 1 is 1.40 bits per heavy atom. The molecule has 1 saturated carbocycles. The van der Waals surface area contributed by atoms with Crippen LogP contribution in [0.5, 0.6) is 0 Å². The van der Waals surface area contributed by atoms with E-state index in [1.54, 1.807) is 0 Å².